The molecule has 0 saturated carbocycles. The molecule has 6 heteroatoms. The third kappa shape index (κ3) is 4.28. The molecule has 0 radical (unpaired) electrons. The molecule has 1 aliphatic rings. The minimum atomic E-state index is -0.376. The van der Waals surface area contributed by atoms with Crippen LogP contribution in [0.1, 0.15) is 41.2 Å². The van der Waals surface area contributed by atoms with Gasteiger partial charge in [-0.05, 0) is 31.9 Å². The number of hydrogen-bond donors (Lipinski definition) is 2. The predicted molar refractivity (Wildman–Crippen MR) is 82.1 cm³/mol. The number of carbonyl (C=O) groups excluding carboxylic acids is 2. The molecule has 0 spiro atoms. The largest absolute Gasteiger partial charge is 0.393 e. The number of nitrogens with zero attached hydrogens (tertiary/aromatic N) is 1. The molecule has 1 aromatic rings. The van der Waals surface area contributed by atoms with Gasteiger partial charge in [0.1, 0.15) is 0 Å². The van der Waals surface area contributed by atoms with Gasteiger partial charge in [-0.15, -0.1) is 11.3 Å². The molecule has 2 rings (SSSR count). The summed E-state index contributed by atoms with van der Waals surface area (Å²) in [4.78, 5) is 26.9. The second-order valence-electron chi connectivity index (χ2n) is 5.57. The molecule has 0 aliphatic carbocycles. The molecule has 1 fully saturated rings. The fourth-order valence-electron chi connectivity index (χ4n) is 2.54. The zero-order valence-corrected chi connectivity index (χ0v) is 13.3. The van der Waals surface area contributed by atoms with Crippen LogP contribution in [-0.4, -0.2) is 41.0 Å². The molecule has 0 aromatic carbocycles. The van der Waals surface area contributed by atoms with E-state index in [9.17, 15) is 14.7 Å². The summed E-state index contributed by atoms with van der Waals surface area (Å²) in [6.45, 7) is 5.10. The van der Waals surface area contributed by atoms with Gasteiger partial charge < -0.3 is 15.3 Å². The van der Waals surface area contributed by atoms with Gasteiger partial charge in [0.05, 0.1) is 17.5 Å². The smallest absolute Gasteiger partial charge is 0.263 e. The van der Waals surface area contributed by atoms with E-state index in [4.69, 9.17) is 0 Å². The standard InChI is InChI=1S/C15H22N2O3S/c1-10(18)12-4-3-7-17(9-12)15(20)14-6-5-13(21-14)8-16-11(2)19/h5-6,10,12,18H,3-4,7-9H2,1-2H3,(H,16,19). The average molecular weight is 310 g/mol. The second kappa shape index (κ2) is 7.04. The molecule has 2 amide bonds. The van der Waals surface area contributed by atoms with E-state index in [0.29, 0.717) is 18.0 Å². The van der Waals surface area contributed by atoms with Crippen LogP contribution in [-0.2, 0) is 11.3 Å². The molecule has 1 aromatic heterocycles. The third-order valence-corrected chi connectivity index (χ3v) is 4.88. The predicted octanol–water partition coefficient (Wildman–Crippen LogP) is 1.62. The molecule has 1 saturated heterocycles. The Balaban J connectivity index is 1.97. The van der Waals surface area contributed by atoms with E-state index < -0.39 is 0 Å². The molecular weight excluding hydrogens is 288 g/mol. The molecule has 5 nitrogen and oxygen atoms in total. The van der Waals surface area contributed by atoms with Crippen LogP contribution in [0.4, 0.5) is 0 Å². The Bertz CT molecular complexity index is 513. The summed E-state index contributed by atoms with van der Waals surface area (Å²) >= 11 is 1.42. The van der Waals surface area contributed by atoms with Gasteiger partial charge in [-0.25, -0.2) is 0 Å². The Kier molecular flexibility index (Phi) is 5.36. The quantitative estimate of drug-likeness (QED) is 0.888. The minimum Gasteiger partial charge on any atom is -0.393 e. The summed E-state index contributed by atoms with van der Waals surface area (Å²) in [5, 5.41) is 12.4. The number of likely N-dealkylation sites (tertiary alicyclic amines) is 1. The fraction of sp³-hybridized carbons (Fsp3) is 0.600. The van der Waals surface area contributed by atoms with Crippen LogP contribution < -0.4 is 5.32 Å². The van der Waals surface area contributed by atoms with E-state index in [1.54, 1.807) is 6.92 Å². The number of piperidine rings is 1. The Morgan fingerprint density at radius 2 is 2.29 bits per heavy atom. The van der Waals surface area contributed by atoms with Gasteiger partial charge in [0.2, 0.25) is 5.91 Å². The van der Waals surface area contributed by atoms with Gasteiger partial charge in [0.25, 0.3) is 5.91 Å². The number of amides is 2. The first-order valence-electron chi connectivity index (χ1n) is 7.28. The van der Waals surface area contributed by atoms with Crippen molar-refractivity contribution in [2.75, 3.05) is 13.1 Å². The lowest BCUT2D eigenvalue weighted by Crippen LogP contribution is -2.42. The van der Waals surface area contributed by atoms with Crippen LogP contribution in [0.5, 0.6) is 0 Å². The monoisotopic (exact) mass is 310 g/mol. The molecular formula is C15H22N2O3S. The number of aliphatic hydroxyl groups is 1. The molecule has 2 unspecified atom stereocenters. The molecule has 0 bridgehead atoms. The lowest BCUT2D eigenvalue weighted by Gasteiger charge is -2.33. The fourth-order valence-corrected chi connectivity index (χ4v) is 3.46. The number of aliphatic hydroxyl groups excluding tert-OH is 1. The van der Waals surface area contributed by atoms with Crippen LogP contribution in [0.3, 0.4) is 0 Å². The Morgan fingerprint density at radius 1 is 1.52 bits per heavy atom. The van der Waals surface area contributed by atoms with Crippen molar-refractivity contribution in [2.24, 2.45) is 5.92 Å². The SMILES string of the molecule is CC(=O)NCc1ccc(C(=O)N2CCCC(C(C)O)C2)s1. The summed E-state index contributed by atoms with van der Waals surface area (Å²) in [7, 11) is 0. The molecule has 1 aliphatic heterocycles. The van der Waals surface area contributed by atoms with Gasteiger partial charge in [-0.1, -0.05) is 0 Å². The summed E-state index contributed by atoms with van der Waals surface area (Å²) < 4.78 is 0. The van der Waals surface area contributed by atoms with Crippen molar-refractivity contribution in [1.82, 2.24) is 10.2 Å². The maximum atomic E-state index is 12.5. The van der Waals surface area contributed by atoms with E-state index in [1.165, 1.54) is 18.3 Å². The Morgan fingerprint density at radius 3 is 2.95 bits per heavy atom. The maximum absolute atomic E-state index is 12.5. The lowest BCUT2D eigenvalue weighted by atomic mass is 9.93. The lowest BCUT2D eigenvalue weighted by molar-refractivity contribution is -0.119. The van der Waals surface area contributed by atoms with Crippen molar-refractivity contribution in [3.05, 3.63) is 21.9 Å². The van der Waals surface area contributed by atoms with Crippen LogP contribution in [0.2, 0.25) is 0 Å². The van der Waals surface area contributed by atoms with Gasteiger partial charge in [0, 0.05) is 30.8 Å². The Labute approximate surface area is 129 Å². The Hall–Kier alpha value is -1.40. The molecule has 2 heterocycles. The van der Waals surface area contributed by atoms with Crippen LogP contribution in [0.25, 0.3) is 0 Å². The summed E-state index contributed by atoms with van der Waals surface area (Å²) in [6.07, 6.45) is 1.53. The van der Waals surface area contributed by atoms with E-state index in [-0.39, 0.29) is 23.8 Å². The van der Waals surface area contributed by atoms with Crippen molar-refractivity contribution in [1.29, 1.82) is 0 Å². The van der Waals surface area contributed by atoms with Crippen molar-refractivity contribution >= 4 is 23.2 Å². The van der Waals surface area contributed by atoms with E-state index in [2.05, 4.69) is 5.32 Å². The first-order valence-corrected chi connectivity index (χ1v) is 8.09. The summed E-state index contributed by atoms with van der Waals surface area (Å²) in [5.74, 6) is 0.119. The zero-order valence-electron chi connectivity index (χ0n) is 12.5. The van der Waals surface area contributed by atoms with Gasteiger partial charge in [-0.3, -0.25) is 9.59 Å². The highest BCUT2D eigenvalue weighted by Gasteiger charge is 2.27. The molecule has 21 heavy (non-hydrogen) atoms. The normalized spacial score (nSPS) is 20.1. The number of rotatable bonds is 4. The topological polar surface area (TPSA) is 69.6 Å². The van der Waals surface area contributed by atoms with Crippen LogP contribution in [0, 0.1) is 5.92 Å². The molecule has 2 atom stereocenters. The van der Waals surface area contributed by atoms with Crippen LogP contribution in [0.15, 0.2) is 12.1 Å². The van der Waals surface area contributed by atoms with Crippen molar-refractivity contribution < 1.29 is 14.7 Å². The van der Waals surface area contributed by atoms with Crippen molar-refractivity contribution in [3.8, 4) is 0 Å². The van der Waals surface area contributed by atoms with E-state index in [0.717, 1.165) is 24.3 Å². The molecule has 116 valence electrons. The number of thiophene rings is 1. The first-order chi connectivity index (χ1) is 9.97. The highest BCUT2D eigenvalue weighted by molar-refractivity contribution is 7.14. The summed E-state index contributed by atoms with van der Waals surface area (Å²) in [5.41, 5.74) is 0. The van der Waals surface area contributed by atoms with Gasteiger partial charge in [-0.2, -0.15) is 0 Å². The van der Waals surface area contributed by atoms with Gasteiger partial charge in [0.15, 0.2) is 0 Å². The molecule has 2 N–H and O–H groups in total. The van der Waals surface area contributed by atoms with Crippen LogP contribution >= 0.6 is 11.3 Å². The van der Waals surface area contributed by atoms with Gasteiger partial charge >= 0.3 is 0 Å². The zero-order chi connectivity index (χ0) is 15.4. The number of hydrogen-bond acceptors (Lipinski definition) is 4. The summed E-state index contributed by atoms with van der Waals surface area (Å²) in [6, 6.07) is 3.69. The minimum absolute atomic E-state index is 0.0272. The third-order valence-electron chi connectivity index (χ3n) is 3.81. The van der Waals surface area contributed by atoms with Crippen molar-refractivity contribution in [2.45, 2.75) is 39.3 Å². The highest BCUT2D eigenvalue weighted by atomic mass is 32.1. The van der Waals surface area contributed by atoms with E-state index >= 15 is 0 Å². The van der Waals surface area contributed by atoms with Crippen molar-refractivity contribution in [3.63, 3.8) is 0 Å². The maximum Gasteiger partial charge on any atom is 0.263 e. The second-order valence-corrected chi connectivity index (χ2v) is 6.74. The number of carbonyl (C=O) groups is 2. The van der Waals surface area contributed by atoms with E-state index in [1.807, 2.05) is 17.0 Å². The average Bonchev–Trinajstić information content (AvgIpc) is 2.93. The first kappa shape index (κ1) is 16.0. The highest BCUT2D eigenvalue weighted by Crippen LogP contribution is 2.24. The number of nitrogens with one attached hydrogen (secondary N) is 1.